The molecule has 0 spiro atoms. The van der Waals surface area contributed by atoms with Crippen LogP contribution in [0.1, 0.15) is 89.5 Å². The van der Waals surface area contributed by atoms with E-state index in [0.29, 0.717) is 23.4 Å². The summed E-state index contributed by atoms with van der Waals surface area (Å²) in [5, 5.41) is 0. The SMILES string of the molecule is Cc1cc(C=C2C(=O)C3(C)CCC2C3(C)C)ccc1[N+](C)(C)C.Cc1cc(C=C2C(=O)C3(C)CCC2C3(C)C)ccc1[N+](C)(C)C.O=S(=O)([O-])[O-]. The highest BCUT2D eigenvalue weighted by atomic mass is 32.3. The topological polar surface area (TPSA) is 114 Å². The minimum Gasteiger partial charge on any atom is -0.759 e. The first-order valence-corrected chi connectivity index (χ1v) is 19.3. The number of rotatable bonds is 4. The number of carbonyl (C=O) groups excluding carboxylic acids is 2. The van der Waals surface area contributed by atoms with Crippen molar-refractivity contribution in [3.05, 3.63) is 69.8 Å². The number of hydrogen-bond acceptors (Lipinski definition) is 6. The zero-order valence-corrected chi connectivity index (χ0v) is 34.2. The van der Waals surface area contributed by atoms with Gasteiger partial charge in [0.25, 0.3) is 0 Å². The van der Waals surface area contributed by atoms with Crippen molar-refractivity contribution in [3.63, 3.8) is 0 Å². The molecule has 280 valence electrons. The Bertz CT molecular complexity index is 1780. The van der Waals surface area contributed by atoms with Crippen LogP contribution in [-0.2, 0) is 20.0 Å². The predicted octanol–water partition coefficient (Wildman–Crippen LogP) is 7.86. The van der Waals surface area contributed by atoms with E-state index in [9.17, 15) is 9.59 Å². The Labute approximate surface area is 307 Å². The fraction of sp³-hybridized carbons (Fsp3) is 0.571. The number of hydrogen-bond donors (Lipinski definition) is 0. The average Bonchev–Trinajstić information content (AvgIpc) is 3.44. The van der Waals surface area contributed by atoms with Gasteiger partial charge >= 0.3 is 0 Å². The molecule has 4 unspecified atom stereocenters. The first kappa shape index (κ1) is 40.8. The molecule has 6 rings (SSSR count). The summed E-state index contributed by atoms with van der Waals surface area (Å²) in [7, 11) is 7.94. The molecule has 0 N–H and O–H groups in total. The van der Waals surface area contributed by atoms with Crippen LogP contribution in [-0.4, -0.2) is 71.4 Å². The van der Waals surface area contributed by atoms with Gasteiger partial charge in [-0.15, -0.1) is 0 Å². The third kappa shape index (κ3) is 7.47. The smallest absolute Gasteiger partial charge is 0.165 e. The second kappa shape index (κ2) is 13.2. The van der Waals surface area contributed by atoms with Crippen LogP contribution in [0.2, 0.25) is 0 Å². The zero-order chi connectivity index (χ0) is 38.9. The lowest BCUT2D eigenvalue weighted by Gasteiger charge is -2.31. The molecule has 2 aromatic rings. The molecule has 0 amide bonds. The monoisotopic (exact) mass is 720 g/mol. The molecule has 0 aliphatic heterocycles. The number of aryl methyl sites for hydroxylation is 2. The number of nitrogens with zero attached hydrogens (tertiary/aromatic N) is 2. The molecule has 4 aliphatic rings. The van der Waals surface area contributed by atoms with E-state index in [1.54, 1.807) is 0 Å². The quantitative estimate of drug-likeness (QED) is 0.138. The zero-order valence-electron chi connectivity index (χ0n) is 33.4. The number of allylic oxidation sites excluding steroid dienone is 2. The molecule has 9 heteroatoms. The second-order valence-electron chi connectivity index (χ2n) is 18.7. The maximum absolute atomic E-state index is 12.9. The van der Waals surface area contributed by atoms with Gasteiger partial charge in [0.15, 0.2) is 11.6 Å². The number of Topliss-reactive ketones (excluding diaryl/α,β-unsaturated/α-hetero) is 2. The first-order chi connectivity index (χ1) is 23.0. The number of quaternary nitrogens is 2. The summed E-state index contributed by atoms with van der Waals surface area (Å²) in [6.07, 6.45) is 8.70. The van der Waals surface area contributed by atoms with Gasteiger partial charge in [0.1, 0.15) is 11.4 Å². The van der Waals surface area contributed by atoms with Crippen molar-refractivity contribution < 1.29 is 27.1 Å². The highest BCUT2D eigenvalue weighted by Crippen LogP contribution is 2.66. The Morgan fingerprint density at radius 3 is 1.14 bits per heavy atom. The molecule has 4 aliphatic carbocycles. The summed E-state index contributed by atoms with van der Waals surface area (Å²) in [5.41, 5.74) is 9.49. The van der Waals surface area contributed by atoms with Crippen LogP contribution in [0.4, 0.5) is 11.4 Å². The molecule has 4 saturated carbocycles. The van der Waals surface area contributed by atoms with Gasteiger partial charge in [0.2, 0.25) is 0 Å². The summed E-state index contributed by atoms with van der Waals surface area (Å²) in [4.78, 5) is 25.9. The first-order valence-electron chi connectivity index (χ1n) is 18.0. The Hall–Kier alpha value is -2.95. The van der Waals surface area contributed by atoms with E-state index in [-0.39, 0.29) is 21.7 Å². The lowest BCUT2D eigenvalue weighted by atomic mass is 9.70. The van der Waals surface area contributed by atoms with Gasteiger partial charge in [-0.2, -0.15) is 0 Å². The predicted molar refractivity (Wildman–Crippen MR) is 207 cm³/mol. The Kier molecular flexibility index (Phi) is 10.5. The van der Waals surface area contributed by atoms with Gasteiger partial charge in [0.05, 0.1) is 42.3 Å². The van der Waals surface area contributed by atoms with Crippen molar-refractivity contribution >= 4 is 45.5 Å². The normalized spacial score (nSPS) is 29.3. The van der Waals surface area contributed by atoms with Crippen molar-refractivity contribution in [2.45, 2.75) is 81.1 Å². The van der Waals surface area contributed by atoms with Gasteiger partial charge in [-0.1, -0.05) is 41.5 Å². The summed E-state index contributed by atoms with van der Waals surface area (Å²) in [6.45, 7) is 17.7. The van der Waals surface area contributed by atoms with Crippen molar-refractivity contribution in [1.82, 2.24) is 8.97 Å². The van der Waals surface area contributed by atoms with Gasteiger partial charge in [-0.05, 0) is 133 Å². The third-order valence-corrected chi connectivity index (χ3v) is 13.3. The maximum atomic E-state index is 12.9. The lowest BCUT2D eigenvalue weighted by molar-refractivity contribution is -0.126. The van der Waals surface area contributed by atoms with Crippen LogP contribution in [0.25, 0.3) is 12.2 Å². The maximum Gasteiger partial charge on any atom is 0.165 e. The van der Waals surface area contributed by atoms with E-state index in [1.165, 1.54) is 22.5 Å². The summed E-state index contributed by atoms with van der Waals surface area (Å²) >= 11 is 0. The molecule has 4 fully saturated rings. The third-order valence-electron chi connectivity index (χ3n) is 13.3. The highest BCUT2D eigenvalue weighted by Gasteiger charge is 2.64. The minimum atomic E-state index is -5.17. The summed E-state index contributed by atoms with van der Waals surface area (Å²) < 4.78 is 35.7. The van der Waals surface area contributed by atoms with Gasteiger partial charge in [-0.3, -0.25) is 27.0 Å². The van der Waals surface area contributed by atoms with E-state index in [1.807, 2.05) is 0 Å². The van der Waals surface area contributed by atoms with Crippen LogP contribution < -0.4 is 8.97 Å². The van der Waals surface area contributed by atoms with E-state index >= 15 is 0 Å². The van der Waals surface area contributed by atoms with Crippen LogP contribution in [0.5, 0.6) is 0 Å². The van der Waals surface area contributed by atoms with Crippen LogP contribution in [0, 0.1) is 47.3 Å². The molecule has 51 heavy (non-hydrogen) atoms. The van der Waals surface area contributed by atoms with Gasteiger partial charge < -0.3 is 9.11 Å². The average molecular weight is 721 g/mol. The van der Waals surface area contributed by atoms with Gasteiger partial charge in [-0.25, -0.2) is 0 Å². The standard InChI is InChI=1S/2C21H30NO.H2O4S/c2*1-14-12-15(8-9-18(14)22(5,6)7)13-16-17-10-11-21(4,19(16)23)20(17,2)3;1-5(2,3)4/h2*8-9,12-13,17H,10-11H2,1-7H3;(H2,1,2,3,4)/q2*+1;/p-2. The Balaban J connectivity index is 0.000000202. The minimum absolute atomic E-state index is 0.0905. The Morgan fingerprint density at radius 1 is 0.627 bits per heavy atom. The van der Waals surface area contributed by atoms with E-state index in [4.69, 9.17) is 17.5 Å². The van der Waals surface area contributed by atoms with Crippen molar-refractivity contribution in [2.24, 2.45) is 33.5 Å². The Morgan fingerprint density at radius 2 is 0.922 bits per heavy atom. The molecule has 4 atom stereocenters. The second-order valence-corrected chi connectivity index (χ2v) is 19.5. The molecule has 0 aromatic heterocycles. The largest absolute Gasteiger partial charge is 0.759 e. The van der Waals surface area contributed by atoms with Crippen LogP contribution in [0.3, 0.4) is 0 Å². The lowest BCUT2D eigenvalue weighted by Crippen LogP contribution is -2.35. The molecular weight excluding hydrogens is 661 g/mol. The van der Waals surface area contributed by atoms with E-state index in [2.05, 4.69) is 146 Å². The van der Waals surface area contributed by atoms with Crippen molar-refractivity contribution in [1.29, 1.82) is 0 Å². The molecule has 0 saturated heterocycles. The number of carbonyl (C=O) groups is 2. The molecule has 0 radical (unpaired) electrons. The molecule has 4 bridgehead atoms. The number of benzene rings is 2. The van der Waals surface area contributed by atoms with E-state index < -0.39 is 10.4 Å². The fourth-order valence-electron chi connectivity index (χ4n) is 9.59. The van der Waals surface area contributed by atoms with Crippen LogP contribution in [0.15, 0.2) is 47.5 Å². The number of ketones is 2. The van der Waals surface area contributed by atoms with Crippen molar-refractivity contribution in [2.75, 3.05) is 42.3 Å². The summed E-state index contributed by atoms with van der Waals surface area (Å²) in [6, 6.07) is 13.2. The molecule has 0 heterocycles. The molecular formula is C42H60N2O6S. The number of fused-ring (bicyclic) bond motifs is 4. The summed E-state index contributed by atoms with van der Waals surface area (Å²) in [5.74, 6) is 1.59. The molecule has 2 aromatic carbocycles. The fourth-order valence-corrected chi connectivity index (χ4v) is 9.59. The highest BCUT2D eigenvalue weighted by molar-refractivity contribution is 7.79. The van der Waals surface area contributed by atoms with E-state index in [0.717, 1.165) is 56.9 Å². The molecule has 8 nitrogen and oxygen atoms in total. The van der Waals surface area contributed by atoms with Crippen LogP contribution >= 0.6 is 0 Å². The van der Waals surface area contributed by atoms with Crippen molar-refractivity contribution in [3.8, 4) is 0 Å². The van der Waals surface area contributed by atoms with Gasteiger partial charge in [0, 0.05) is 32.4 Å².